The van der Waals surface area contributed by atoms with Crippen molar-refractivity contribution in [3.05, 3.63) is 89.0 Å². The van der Waals surface area contributed by atoms with Crippen molar-refractivity contribution in [3.8, 4) is 5.75 Å². The topological polar surface area (TPSA) is 96.0 Å². The van der Waals surface area contributed by atoms with Gasteiger partial charge in [0.25, 0.3) is 10.0 Å². The maximum Gasteiger partial charge on any atom is 0.264 e. The van der Waals surface area contributed by atoms with E-state index in [1.165, 1.54) is 12.0 Å². The zero-order chi connectivity index (χ0) is 31.1. The molecule has 43 heavy (non-hydrogen) atoms. The maximum absolute atomic E-state index is 14.4. The van der Waals surface area contributed by atoms with E-state index >= 15 is 0 Å². The van der Waals surface area contributed by atoms with Gasteiger partial charge in [-0.3, -0.25) is 13.9 Å². The van der Waals surface area contributed by atoms with E-state index < -0.39 is 28.5 Å². The Hall–Kier alpha value is -3.85. The monoisotopic (exact) mass is 605 g/mol. The molecular weight excluding hydrogens is 562 g/mol. The molecule has 1 fully saturated rings. The number of amides is 2. The minimum atomic E-state index is -4.20. The molecule has 0 bridgehead atoms. The van der Waals surface area contributed by atoms with Gasteiger partial charge in [-0.25, -0.2) is 8.42 Å². The summed E-state index contributed by atoms with van der Waals surface area (Å²) in [5.41, 5.74) is 3.86. The summed E-state index contributed by atoms with van der Waals surface area (Å²) in [5.74, 6) is -0.362. The molecule has 0 spiro atoms. The van der Waals surface area contributed by atoms with Crippen LogP contribution in [-0.2, 0) is 26.2 Å². The lowest BCUT2D eigenvalue weighted by Crippen LogP contribution is -2.53. The Morgan fingerprint density at radius 3 is 2.23 bits per heavy atom. The molecule has 1 aliphatic carbocycles. The lowest BCUT2D eigenvalue weighted by molar-refractivity contribution is -0.140. The number of nitrogens with one attached hydrogen (secondary N) is 1. The SMILES string of the molecule is CC[C@@H](C(=O)NC1CCCC1)N(Cc1ccccc1C)C(=O)CN(c1cc(C)ccc1OC)S(=O)(=O)c1ccc(C)cc1. The molecule has 0 aliphatic heterocycles. The second-order valence-corrected chi connectivity index (χ2v) is 13.2. The van der Waals surface area contributed by atoms with E-state index in [-0.39, 0.29) is 29.1 Å². The van der Waals surface area contributed by atoms with Gasteiger partial charge in [-0.15, -0.1) is 0 Å². The van der Waals surface area contributed by atoms with Gasteiger partial charge in [0.2, 0.25) is 11.8 Å². The van der Waals surface area contributed by atoms with Crippen molar-refractivity contribution in [3.63, 3.8) is 0 Å². The number of carbonyl (C=O) groups is 2. The third kappa shape index (κ3) is 7.57. The van der Waals surface area contributed by atoms with Gasteiger partial charge in [-0.1, -0.05) is 67.8 Å². The van der Waals surface area contributed by atoms with E-state index in [4.69, 9.17) is 4.74 Å². The smallest absolute Gasteiger partial charge is 0.264 e. The molecule has 230 valence electrons. The second kappa shape index (κ2) is 14.1. The summed E-state index contributed by atoms with van der Waals surface area (Å²) in [6.45, 7) is 7.24. The Morgan fingerprint density at radius 2 is 1.60 bits per heavy atom. The molecule has 1 atom stereocenters. The van der Waals surface area contributed by atoms with Crippen LogP contribution >= 0.6 is 0 Å². The molecule has 0 radical (unpaired) electrons. The van der Waals surface area contributed by atoms with Gasteiger partial charge >= 0.3 is 0 Å². The minimum Gasteiger partial charge on any atom is -0.495 e. The summed E-state index contributed by atoms with van der Waals surface area (Å²) < 4.78 is 35.1. The molecule has 3 aromatic carbocycles. The standard InChI is InChI=1S/C34H43N3O5S/c1-6-30(34(39)35-28-13-9-10-14-28)36(22-27-12-8-7-11-26(27)4)33(38)23-37(31-21-25(3)17-20-32(31)42-5)43(40,41)29-18-15-24(2)16-19-29/h7-8,11-12,15-21,28,30H,6,9-10,13-14,22-23H2,1-5H3,(H,35,39)/t30-/m0/s1. The van der Waals surface area contributed by atoms with Gasteiger partial charge < -0.3 is 15.0 Å². The number of benzene rings is 3. The Balaban J connectivity index is 1.77. The average molecular weight is 606 g/mol. The molecule has 2 amide bonds. The Kier molecular flexibility index (Phi) is 10.5. The van der Waals surface area contributed by atoms with Crippen LogP contribution in [0.15, 0.2) is 71.6 Å². The predicted octanol–water partition coefficient (Wildman–Crippen LogP) is 5.68. The number of sulfonamides is 1. The summed E-state index contributed by atoms with van der Waals surface area (Å²) in [4.78, 5) is 29.6. The molecule has 0 heterocycles. The average Bonchev–Trinajstić information content (AvgIpc) is 3.49. The predicted molar refractivity (Wildman–Crippen MR) is 170 cm³/mol. The van der Waals surface area contributed by atoms with Crippen molar-refractivity contribution in [1.82, 2.24) is 10.2 Å². The van der Waals surface area contributed by atoms with Crippen LogP contribution in [0.5, 0.6) is 5.75 Å². The molecule has 1 saturated carbocycles. The molecule has 4 rings (SSSR count). The number of nitrogens with zero attached hydrogens (tertiary/aromatic N) is 2. The van der Waals surface area contributed by atoms with Crippen molar-refractivity contribution in [2.24, 2.45) is 0 Å². The number of rotatable bonds is 12. The number of methoxy groups -OCH3 is 1. The number of hydrogen-bond donors (Lipinski definition) is 1. The summed E-state index contributed by atoms with van der Waals surface area (Å²) in [5, 5.41) is 3.15. The fourth-order valence-corrected chi connectivity index (χ4v) is 7.02. The highest BCUT2D eigenvalue weighted by atomic mass is 32.2. The number of carbonyl (C=O) groups excluding carboxylic acids is 2. The normalized spacial score (nSPS) is 14.3. The van der Waals surface area contributed by atoms with Gasteiger partial charge in [0.05, 0.1) is 17.7 Å². The summed E-state index contributed by atoms with van der Waals surface area (Å²) >= 11 is 0. The quantitative estimate of drug-likeness (QED) is 0.287. The highest BCUT2D eigenvalue weighted by Crippen LogP contribution is 2.34. The molecule has 3 aromatic rings. The Morgan fingerprint density at radius 1 is 0.953 bits per heavy atom. The van der Waals surface area contributed by atoms with Crippen LogP contribution in [0, 0.1) is 20.8 Å². The first-order chi connectivity index (χ1) is 20.5. The number of anilines is 1. The molecule has 0 saturated heterocycles. The van der Waals surface area contributed by atoms with Gasteiger partial charge in [0.15, 0.2) is 0 Å². The van der Waals surface area contributed by atoms with Gasteiger partial charge in [0.1, 0.15) is 18.3 Å². The first-order valence-electron chi connectivity index (χ1n) is 14.9. The first kappa shape index (κ1) is 32.1. The Bertz CT molecular complexity index is 1530. The van der Waals surface area contributed by atoms with Gasteiger partial charge in [-0.05, 0) is 81.0 Å². The fourth-order valence-electron chi connectivity index (χ4n) is 5.60. The van der Waals surface area contributed by atoms with Crippen LogP contribution in [0.2, 0.25) is 0 Å². The third-order valence-electron chi connectivity index (χ3n) is 8.18. The molecule has 0 unspecified atom stereocenters. The highest BCUT2D eigenvalue weighted by Gasteiger charge is 2.35. The molecular formula is C34H43N3O5S. The summed E-state index contributed by atoms with van der Waals surface area (Å²) in [6.07, 6.45) is 4.36. The summed E-state index contributed by atoms with van der Waals surface area (Å²) in [6, 6.07) is 18.8. The van der Waals surface area contributed by atoms with E-state index in [2.05, 4.69) is 5.32 Å². The van der Waals surface area contributed by atoms with Gasteiger partial charge in [0, 0.05) is 12.6 Å². The van der Waals surface area contributed by atoms with E-state index in [9.17, 15) is 18.0 Å². The minimum absolute atomic E-state index is 0.0610. The van der Waals surface area contributed by atoms with Gasteiger partial charge in [-0.2, -0.15) is 0 Å². The zero-order valence-corrected chi connectivity index (χ0v) is 26.6. The molecule has 1 N–H and O–H groups in total. The molecule has 0 aromatic heterocycles. The van der Waals surface area contributed by atoms with E-state index in [1.54, 1.807) is 36.4 Å². The Labute approximate surface area is 256 Å². The van der Waals surface area contributed by atoms with E-state index in [0.717, 1.165) is 52.2 Å². The van der Waals surface area contributed by atoms with Crippen LogP contribution in [0.4, 0.5) is 5.69 Å². The number of ether oxygens (including phenoxy) is 1. The number of hydrogen-bond acceptors (Lipinski definition) is 5. The van der Waals surface area contributed by atoms with Crippen molar-refractivity contribution in [2.45, 2.75) is 83.3 Å². The lowest BCUT2D eigenvalue weighted by Gasteiger charge is -2.34. The van der Waals surface area contributed by atoms with Crippen molar-refractivity contribution < 1.29 is 22.7 Å². The largest absolute Gasteiger partial charge is 0.495 e. The first-order valence-corrected chi connectivity index (χ1v) is 16.4. The van der Waals surface area contributed by atoms with Crippen molar-refractivity contribution in [1.29, 1.82) is 0 Å². The highest BCUT2D eigenvalue weighted by molar-refractivity contribution is 7.92. The van der Waals surface area contributed by atoms with Crippen LogP contribution in [0.25, 0.3) is 0 Å². The fraction of sp³-hybridized carbons (Fsp3) is 0.412. The molecule has 8 nitrogen and oxygen atoms in total. The zero-order valence-electron chi connectivity index (χ0n) is 25.8. The van der Waals surface area contributed by atoms with Crippen LogP contribution in [0.1, 0.15) is 61.3 Å². The van der Waals surface area contributed by atoms with Crippen molar-refractivity contribution >= 4 is 27.5 Å². The van der Waals surface area contributed by atoms with Crippen LogP contribution < -0.4 is 14.4 Å². The molecule has 1 aliphatic rings. The summed E-state index contributed by atoms with van der Waals surface area (Å²) in [7, 11) is -2.73. The van der Waals surface area contributed by atoms with Crippen LogP contribution in [0.3, 0.4) is 0 Å². The van der Waals surface area contributed by atoms with E-state index in [1.807, 2.05) is 58.0 Å². The number of aryl methyl sites for hydroxylation is 3. The maximum atomic E-state index is 14.4. The van der Waals surface area contributed by atoms with Crippen molar-refractivity contribution in [2.75, 3.05) is 18.0 Å². The second-order valence-electron chi connectivity index (χ2n) is 11.4. The third-order valence-corrected chi connectivity index (χ3v) is 9.95. The molecule has 9 heteroatoms. The lowest BCUT2D eigenvalue weighted by atomic mass is 10.1. The van der Waals surface area contributed by atoms with E-state index in [0.29, 0.717) is 12.2 Å². The van der Waals surface area contributed by atoms with Crippen LogP contribution in [-0.4, -0.2) is 50.9 Å².